The van der Waals surface area contributed by atoms with Gasteiger partial charge in [0.05, 0.1) is 17.0 Å². The summed E-state index contributed by atoms with van der Waals surface area (Å²) in [5.41, 5.74) is 2.96. The minimum Gasteiger partial charge on any atom is -0.481 e. The van der Waals surface area contributed by atoms with Crippen LogP contribution in [0.3, 0.4) is 0 Å². The number of aromatic nitrogens is 3. The average molecular weight is 483 g/mol. The minimum absolute atomic E-state index is 0.0690. The highest BCUT2D eigenvalue weighted by atomic mass is 32.1. The van der Waals surface area contributed by atoms with E-state index < -0.39 is 5.97 Å². The number of carboxylic acid groups (broad SMARTS) is 1. The molecule has 1 aliphatic carbocycles. The zero-order valence-electron chi connectivity index (χ0n) is 19.1. The molecule has 0 bridgehead atoms. The molecule has 0 saturated heterocycles. The number of aromatic amines is 1. The van der Waals surface area contributed by atoms with Crippen molar-refractivity contribution >= 4 is 28.2 Å². The summed E-state index contributed by atoms with van der Waals surface area (Å²) < 4.78 is 18.0. The lowest BCUT2D eigenvalue weighted by Crippen LogP contribution is -2.19. The Bertz CT molecular complexity index is 1270. The summed E-state index contributed by atoms with van der Waals surface area (Å²) in [7, 11) is 1.53. The summed E-state index contributed by atoms with van der Waals surface area (Å²) in [5, 5.41) is 14.4. The van der Waals surface area contributed by atoms with E-state index in [0.29, 0.717) is 15.8 Å². The van der Waals surface area contributed by atoms with Gasteiger partial charge in [-0.2, -0.15) is 0 Å². The topological polar surface area (TPSA) is 100 Å². The molecule has 0 spiro atoms. The van der Waals surface area contributed by atoms with Crippen LogP contribution in [-0.2, 0) is 6.42 Å². The van der Waals surface area contributed by atoms with Gasteiger partial charge in [-0.1, -0.05) is 0 Å². The molecule has 1 fully saturated rings. The third kappa shape index (κ3) is 5.98. The highest BCUT2D eigenvalue weighted by molar-refractivity contribution is 7.15. The van der Waals surface area contributed by atoms with Crippen molar-refractivity contribution in [2.24, 2.45) is 5.92 Å². The number of hydrogen-bond donors (Lipinski definition) is 3. The van der Waals surface area contributed by atoms with E-state index >= 15 is 0 Å². The Morgan fingerprint density at radius 3 is 2.82 bits per heavy atom. The zero-order chi connectivity index (χ0) is 24.1. The number of thiazole rings is 1. The second-order valence-electron chi connectivity index (χ2n) is 8.21. The smallest absolute Gasteiger partial charge is 0.356 e. The fourth-order valence-corrected chi connectivity index (χ4v) is 4.52. The first-order valence-electron chi connectivity index (χ1n) is 11.1. The van der Waals surface area contributed by atoms with Crippen molar-refractivity contribution in [3.8, 4) is 16.3 Å². The third-order valence-corrected chi connectivity index (χ3v) is 6.59. The Balaban J connectivity index is 0.000000161. The van der Waals surface area contributed by atoms with Crippen molar-refractivity contribution in [3.05, 3.63) is 64.8 Å². The molecular weight excluding hydrogens is 455 g/mol. The number of rotatable bonds is 8. The van der Waals surface area contributed by atoms with E-state index in [4.69, 9.17) is 9.84 Å². The molecule has 34 heavy (non-hydrogen) atoms. The second kappa shape index (κ2) is 10.8. The van der Waals surface area contributed by atoms with Crippen LogP contribution in [-0.4, -0.2) is 46.2 Å². The standard InChI is InChI=1S/C14H17FN2.C11H10N2O3S/c15-12-3-4-13-11(9-17-14(13)7-12)5-6-16-8-10-1-2-10;1-6-13-9(11(14)15)10(17-6)7-3-4-8(16-2)12-5-7/h3-4,7,9-10,16-17H,1-2,5-6,8H2;3-5H,1-2H3,(H,14,15). The van der Waals surface area contributed by atoms with Gasteiger partial charge in [-0.25, -0.2) is 19.2 Å². The van der Waals surface area contributed by atoms with Gasteiger partial charge in [0.1, 0.15) is 5.82 Å². The van der Waals surface area contributed by atoms with E-state index in [2.05, 4.69) is 20.3 Å². The second-order valence-corrected chi connectivity index (χ2v) is 9.41. The number of carboxylic acids is 1. The SMILES string of the molecule is COc1ccc(-c2sc(C)nc2C(=O)O)cn1.Fc1ccc2c(CCNCC3CC3)c[nH]c2c1. The largest absolute Gasteiger partial charge is 0.481 e. The molecule has 3 heterocycles. The van der Waals surface area contributed by atoms with E-state index in [1.54, 1.807) is 31.3 Å². The third-order valence-electron chi connectivity index (χ3n) is 5.57. The van der Waals surface area contributed by atoms with Crippen LogP contribution in [0.2, 0.25) is 0 Å². The fourth-order valence-electron chi connectivity index (χ4n) is 3.62. The molecule has 0 atom stereocenters. The number of aryl methyl sites for hydroxylation is 1. The van der Waals surface area contributed by atoms with E-state index in [1.807, 2.05) is 12.3 Å². The lowest BCUT2D eigenvalue weighted by Gasteiger charge is -2.02. The molecule has 9 heteroatoms. The number of benzene rings is 1. The van der Waals surface area contributed by atoms with Gasteiger partial charge in [-0.3, -0.25) is 0 Å². The maximum absolute atomic E-state index is 13.0. The highest BCUT2D eigenvalue weighted by Crippen LogP contribution is 2.30. The Hall–Kier alpha value is -3.30. The first-order chi connectivity index (χ1) is 16.4. The molecule has 3 N–H and O–H groups in total. The van der Waals surface area contributed by atoms with Gasteiger partial charge >= 0.3 is 5.97 Å². The van der Waals surface area contributed by atoms with E-state index in [-0.39, 0.29) is 11.5 Å². The first kappa shape index (κ1) is 23.8. The predicted octanol–water partition coefficient (Wildman–Crippen LogP) is 5.07. The minimum atomic E-state index is -1.03. The predicted molar refractivity (Wildman–Crippen MR) is 131 cm³/mol. The van der Waals surface area contributed by atoms with Gasteiger partial charge < -0.3 is 20.1 Å². The van der Waals surface area contributed by atoms with E-state index in [9.17, 15) is 9.18 Å². The molecule has 7 nitrogen and oxygen atoms in total. The normalized spacial score (nSPS) is 12.9. The number of nitrogens with one attached hydrogen (secondary N) is 2. The van der Waals surface area contributed by atoms with Gasteiger partial charge in [-0.15, -0.1) is 11.3 Å². The number of pyridine rings is 1. The molecule has 1 saturated carbocycles. The van der Waals surface area contributed by atoms with Crippen molar-refractivity contribution < 1.29 is 19.0 Å². The van der Waals surface area contributed by atoms with Crippen LogP contribution in [0.15, 0.2) is 42.7 Å². The van der Waals surface area contributed by atoms with Crippen molar-refractivity contribution in [3.63, 3.8) is 0 Å². The first-order valence-corrected chi connectivity index (χ1v) is 11.9. The van der Waals surface area contributed by atoms with Crippen LogP contribution in [0.1, 0.15) is 33.9 Å². The molecule has 0 amide bonds. The Morgan fingerprint density at radius 1 is 1.32 bits per heavy atom. The number of carbonyl (C=O) groups is 1. The molecule has 178 valence electrons. The molecule has 1 aromatic carbocycles. The zero-order valence-corrected chi connectivity index (χ0v) is 19.9. The fraction of sp³-hybridized carbons (Fsp3) is 0.320. The van der Waals surface area contributed by atoms with Crippen LogP contribution in [0.4, 0.5) is 4.39 Å². The Morgan fingerprint density at radius 2 is 2.15 bits per heavy atom. The number of fused-ring (bicyclic) bond motifs is 1. The van der Waals surface area contributed by atoms with Crippen LogP contribution < -0.4 is 10.1 Å². The lowest BCUT2D eigenvalue weighted by molar-refractivity contribution is 0.0692. The van der Waals surface area contributed by atoms with E-state index in [0.717, 1.165) is 41.9 Å². The molecule has 0 unspecified atom stereocenters. The number of ether oxygens (including phenoxy) is 1. The molecule has 4 aromatic rings. The van der Waals surface area contributed by atoms with Crippen molar-refractivity contribution in [2.75, 3.05) is 20.2 Å². The summed E-state index contributed by atoms with van der Waals surface area (Å²) in [4.78, 5) is 22.8. The number of nitrogens with zero attached hydrogens (tertiary/aromatic N) is 2. The lowest BCUT2D eigenvalue weighted by atomic mass is 10.1. The number of hydrogen-bond acceptors (Lipinski definition) is 6. The summed E-state index contributed by atoms with van der Waals surface area (Å²) in [6, 6.07) is 8.40. The summed E-state index contributed by atoms with van der Waals surface area (Å²) in [6.07, 6.45) is 7.35. The summed E-state index contributed by atoms with van der Waals surface area (Å²) >= 11 is 1.34. The van der Waals surface area contributed by atoms with Gasteiger partial charge in [0.2, 0.25) is 5.88 Å². The van der Waals surface area contributed by atoms with E-state index in [1.165, 1.54) is 42.9 Å². The quantitative estimate of drug-likeness (QED) is 0.303. The molecule has 5 rings (SSSR count). The highest BCUT2D eigenvalue weighted by Gasteiger charge is 2.20. The van der Waals surface area contributed by atoms with Crippen molar-refractivity contribution in [1.82, 2.24) is 20.3 Å². The number of methoxy groups -OCH3 is 1. The van der Waals surface area contributed by atoms with Gasteiger partial charge in [0, 0.05) is 34.9 Å². The molecule has 3 aromatic heterocycles. The molecule has 0 radical (unpaired) electrons. The number of H-pyrrole nitrogens is 1. The van der Waals surface area contributed by atoms with Crippen LogP contribution in [0.25, 0.3) is 21.3 Å². The van der Waals surface area contributed by atoms with Crippen LogP contribution in [0.5, 0.6) is 5.88 Å². The van der Waals surface area contributed by atoms with Crippen molar-refractivity contribution in [1.29, 1.82) is 0 Å². The van der Waals surface area contributed by atoms with Crippen LogP contribution >= 0.6 is 11.3 Å². The Labute approximate surface area is 201 Å². The maximum Gasteiger partial charge on any atom is 0.356 e. The van der Waals surface area contributed by atoms with Crippen LogP contribution in [0, 0.1) is 18.7 Å². The Kier molecular flexibility index (Phi) is 7.54. The molecule has 1 aliphatic rings. The monoisotopic (exact) mass is 482 g/mol. The van der Waals surface area contributed by atoms with Gasteiger partial charge in [0.25, 0.3) is 0 Å². The summed E-state index contributed by atoms with van der Waals surface area (Å²) in [6.45, 7) is 3.93. The van der Waals surface area contributed by atoms with Gasteiger partial charge in [0.15, 0.2) is 5.69 Å². The average Bonchev–Trinajstić information content (AvgIpc) is 3.45. The molecule has 0 aliphatic heterocycles. The maximum atomic E-state index is 13.0. The molecular formula is C25H27FN4O3S. The number of halogens is 1. The number of aromatic carboxylic acids is 1. The van der Waals surface area contributed by atoms with Crippen molar-refractivity contribution in [2.45, 2.75) is 26.2 Å². The summed E-state index contributed by atoms with van der Waals surface area (Å²) in [5.74, 6) is 0.205. The van der Waals surface area contributed by atoms with Gasteiger partial charge in [-0.05, 0) is 75.0 Å².